The van der Waals surface area contributed by atoms with Crippen molar-refractivity contribution in [1.29, 1.82) is 5.26 Å². The van der Waals surface area contributed by atoms with E-state index in [4.69, 9.17) is 5.26 Å². The number of rotatable bonds is 4. The molecule has 2 aliphatic heterocycles. The van der Waals surface area contributed by atoms with Gasteiger partial charge in [0, 0.05) is 49.5 Å². The summed E-state index contributed by atoms with van der Waals surface area (Å²) in [6.45, 7) is 2.22. The van der Waals surface area contributed by atoms with E-state index >= 15 is 0 Å². The third-order valence-corrected chi connectivity index (χ3v) is 6.99. The van der Waals surface area contributed by atoms with Crippen molar-refractivity contribution in [2.24, 2.45) is 5.92 Å². The summed E-state index contributed by atoms with van der Waals surface area (Å²) in [5.74, 6) is 1.15. The first kappa shape index (κ1) is 21.4. The second-order valence-electron chi connectivity index (χ2n) is 9.60. The van der Waals surface area contributed by atoms with Gasteiger partial charge in [-0.05, 0) is 68.0 Å². The molecule has 0 spiro atoms. The number of carbonyl (C=O) groups excluding carboxylic acids is 1. The lowest BCUT2D eigenvalue weighted by molar-refractivity contribution is -0.120. The van der Waals surface area contributed by atoms with Gasteiger partial charge in [-0.15, -0.1) is 0 Å². The standard InChI is InChI=1S/C28H26N6O/c1-31(2)16-21-9-11-33(28(21)35)24-7-8-25-23(13-24)18-32-17-22(20-5-3-19(15-29)4-6-20)14-26(32)27-30-10-12-34(25)27/h3-8,10,12-14,17,21H,9,11,16,18H2,1-2H3/t21-/m1/s1. The number of carbonyl (C=O) groups is 1. The molecule has 4 aromatic rings. The van der Waals surface area contributed by atoms with Gasteiger partial charge in [0.05, 0.1) is 28.9 Å². The van der Waals surface area contributed by atoms with Gasteiger partial charge in [-0.2, -0.15) is 5.26 Å². The zero-order valence-electron chi connectivity index (χ0n) is 19.8. The summed E-state index contributed by atoms with van der Waals surface area (Å²) in [7, 11) is 4.03. The van der Waals surface area contributed by atoms with Crippen LogP contribution < -0.4 is 4.90 Å². The lowest BCUT2D eigenvalue weighted by Crippen LogP contribution is -2.31. The Balaban J connectivity index is 1.38. The molecular formula is C28H26N6O. The Morgan fingerprint density at radius 1 is 1.11 bits per heavy atom. The molecule has 2 aromatic heterocycles. The van der Waals surface area contributed by atoms with Gasteiger partial charge >= 0.3 is 0 Å². The van der Waals surface area contributed by atoms with Gasteiger partial charge in [0.25, 0.3) is 0 Å². The van der Waals surface area contributed by atoms with E-state index in [1.807, 2.05) is 55.7 Å². The first-order valence-corrected chi connectivity index (χ1v) is 11.9. The van der Waals surface area contributed by atoms with Crippen LogP contribution in [0, 0.1) is 17.2 Å². The zero-order valence-corrected chi connectivity index (χ0v) is 19.8. The molecule has 1 fully saturated rings. The van der Waals surface area contributed by atoms with Gasteiger partial charge in [-0.25, -0.2) is 4.98 Å². The number of amides is 1. The number of hydrogen-bond donors (Lipinski definition) is 0. The van der Waals surface area contributed by atoms with Crippen LogP contribution in [-0.4, -0.2) is 52.1 Å². The van der Waals surface area contributed by atoms with Gasteiger partial charge in [0.2, 0.25) is 5.91 Å². The molecule has 0 N–H and O–H groups in total. The maximum Gasteiger partial charge on any atom is 0.231 e. The van der Waals surface area contributed by atoms with Gasteiger partial charge in [-0.1, -0.05) is 12.1 Å². The zero-order chi connectivity index (χ0) is 24.1. The summed E-state index contributed by atoms with van der Waals surface area (Å²) in [5.41, 5.74) is 7.02. The van der Waals surface area contributed by atoms with E-state index < -0.39 is 0 Å². The SMILES string of the molecule is CN(C)C[C@H]1CCN(c2ccc3c(c2)Cn2cc(-c4ccc(C#N)cc4)cc2-c2nccn2-3)C1=O. The molecule has 0 unspecified atom stereocenters. The molecule has 1 amide bonds. The minimum Gasteiger partial charge on any atom is -0.340 e. The molecule has 1 atom stereocenters. The number of hydrogen-bond acceptors (Lipinski definition) is 4. The van der Waals surface area contributed by atoms with E-state index in [9.17, 15) is 4.79 Å². The van der Waals surface area contributed by atoms with E-state index in [-0.39, 0.29) is 11.8 Å². The van der Waals surface area contributed by atoms with E-state index in [2.05, 4.69) is 55.5 Å². The van der Waals surface area contributed by atoms with Crippen molar-refractivity contribution in [3.8, 4) is 34.4 Å². The van der Waals surface area contributed by atoms with Gasteiger partial charge in [0.15, 0.2) is 5.82 Å². The Morgan fingerprint density at radius 3 is 2.71 bits per heavy atom. The lowest BCUT2D eigenvalue weighted by Gasteiger charge is -2.20. The second kappa shape index (κ2) is 8.26. The molecule has 1 saturated heterocycles. The average molecular weight is 463 g/mol. The van der Waals surface area contributed by atoms with E-state index in [1.54, 1.807) is 0 Å². The van der Waals surface area contributed by atoms with Crippen LogP contribution in [0.1, 0.15) is 17.5 Å². The molecule has 0 bridgehead atoms. The molecular weight excluding hydrogens is 436 g/mol. The van der Waals surface area contributed by atoms with Crippen molar-refractivity contribution in [1.82, 2.24) is 19.0 Å². The van der Waals surface area contributed by atoms with Crippen LogP contribution in [-0.2, 0) is 11.3 Å². The normalized spacial score (nSPS) is 16.6. The monoisotopic (exact) mass is 462 g/mol. The predicted molar refractivity (Wildman–Crippen MR) is 135 cm³/mol. The van der Waals surface area contributed by atoms with Gasteiger partial charge < -0.3 is 14.4 Å². The minimum atomic E-state index is 0.0510. The van der Waals surface area contributed by atoms with E-state index in [0.29, 0.717) is 12.1 Å². The number of benzene rings is 2. The average Bonchev–Trinajstić information content (AvgIpc) is 3.57. The molecule has 7 nitrogen and oxygen atoms in total. The minimum absolute atomic E-state index is 0.0510. The number of nitrogens with zero attached hydrogens (tertiary/aromatic N) is 6. The third kappa shape index (κ3) is 3.63. The third-order valence-electron chi connectivity index (χ3n) is 6.99. The molecule has 174 valence electrons. The molecule has 35 heavy (non-hydrogen) atoms. The van der Waals surface area contributed by atoms with Crippen LogP contribution in [0.2, 0.25) is 0 Å². The van der Waals surface area contributed by atoms with E-state index in [0.717, 1.165) is 59.1 Å². The molecule has 0 radical (unpaired) electrons. The smallest absolute Gasteiger partial charge is 0.231 e. The highest BCUT2D eigenvalue weighted by Crippen LogP contribution is 2.36. The summed E-state index contributed by atoms with van der Waals surface area (Å²) < 4.78 is 4.35. The van der Waals surface area contributed by atoms with Crippen molar-refractivity contribution < 1.29 is 4.79 Å². The summed E-state index contributed by atoms with van der Waals surface area (Å²) in [4.78, 5) is 21.8. The highest BCUT2D eigenvalue weighted by molar-refractivity contribution is 5.97. The Hall–Kier alpha value is -4.15. The van der Waals surface area contributed by atoms with Gasteiger partial charge in [-0.3, -0.25) is 9.36 Å². The molecule has 0 aliphatic carbocycles. The van der Waals surface area contributed by atoms with Crippen molar-refractivity contribution >= 4 is 11.6 Å². The predicted octanol–water partition coefficient (Wildman–Crippen LogP) is 4.16. The number of fused-ring (bicyclic) bond motifs is 5. The fourth-order valence-corrected chi connectivity index (χ4v) is 5.30. The van der Waals surface area contributed by atoms with E-state index in [1.165, 1.54) is 0 Å². The van der Waals surface area contributed by atoms with Gasteiger partial charge in [0.1, 0.15) is 0 Å². The fraction of sp³-hybridized carbons (Fsp3) is 0.250. The summed E-state index contributed by atoms with van der Waals surface area (Å²) in [5, 5.41) is 9.12. The van der Waals surface area contributed by atoms with Crippen LogP contribution in [0.15, 0.2) is 67.1 Å². The van der Waals surface area contributed by atoms with Crippen LogP contribution in [0.5, 0.6) is 0 Å². The summed E-state index contributed by atoms with van der Waals surface area (Å²) >= 11 is 0. The highest BCUT2D eigenvalue weighted by Gasteiger charge is 2.33. The molecule has 0 saturated carbocycles. The van der Waals surface area contributed by atoms with Crippen LogP contribution in [0.25, 0.3) is 28.3 Å². The Kier molecular flexibility index (Phi) is 5.05. The number of imidazole rings is 1. The number of nitriles is 1. The molecule has 7 heteroatoms. The highest BCUT2D eigenvalue weighted by atomic mass is 16.2. The first-order chi connectivity index (χ1) is 17.0. The Bertz CT molecular complexity index is 1470. The Morgan fingerprint density at radius 2 is 1.94 bits per heavy atom. The summed E-state index contributed by atoms with van der Waals surface area (Å²) in [6.07, 6.45) is 6.85. The molecule has 2 aliphatic rings. The number of aromatic nitrogens is 3. The molecule has 2 aromatic carbocycles. The van der Waals surface area contributed by atoms with Crippen LogP contribution >= 0.6 is 0 Å². The second-order valence-corrected chi connectivity index (χ2v) is 9.60. The van der Waals surface area contributed by atoms with Crippen molar-refractivity contribution in [2.45, 2.75) is 13.0 Å². The quantitative estimate of drug-likeness (QED) is 0.402. The topological polar surface area (TPSA) is 70.1 Å². The number of anilines is 1. The van der Waals surface area contributed by atoms with Crippen molar-refractivity contribution in [3.63, 3.8) is 0 Å². The van der Waals surface area contributed by atoms with Crippen LogP contribution in [0.3, 0.4) is 0 Å². The molecule has 4 heterocycles. The van der Waals surface area contributed by atoms with Crippen molar-refractivity contribution in [3.05, 3.63) is 78.2 Å². The maximum absolute atomic E-state index is 13.1. The summed E-state index contributed by atoms with van der Waals surface area (Å²) in [6, 6.07) is 18.3. The van der Waals surface area contributed by atoms with Crippen molar-refractivity contribution in [2.75, 3.05) is 32.1 Å². The Labute approximate surface area is 204 Å². The first-order valence-electron chi connectivity index (χ1n) is 11.9. The largest absolute Gasteiger partial charge is 0.340 e. The lowest BCUT2D eigenvalue weighted by atomic mass is 10.1. The maximum atomic E-state index is 13.1. The molecule has 6 rings (SSSR count). The fourth-order valence-electron chi connectivity index (χ4n) is 5.30. The van der Waals surface area contributed by atoms with Crippen LogP contribution in [0.4, 0.5) is 5.69 Å².